The Morgan fingerprint density at radius 1 is 1.55 bits per heavy atom. The Morgan fingerprint density at radius 2 is 2.00 bits per heavy atom. The second-order valence-electron chi connectivity index (χ2n) is 2.33. The Hall–Kier alpha value is -0.170. The molecule has 0 rings (SSSR count). The van der Waals surface area contributed by atoms with Gasteiger partial charge in [0.2, 0.25) is 0 Å². The Bertz CT molecular complexity index is 205. The molecule has 68 valence electrons. The summed E-state index contributed by atoms with van der Waals surface area (Å²) in [6.07, 6.45) is 0. The number of rotatable bonds is 4. The molecule has 1 unspecified atom stereocenters. The molecule has 6 heteroatoms. The van der Waals surface area contributed by atoms with Gasteiger partial charge in [0.15, 0.2) is 5.79 Å². The lowest BCUT2D eigenvalue weighted by Gasteiger charge is -2.20. The summed E-state index contributed by atoms with van der Waals surface area (Å²) in [5.74, 6) is -2.61. The van der Waals surface area contributed by atoms with E-state index in [1.54, 1.807) is 6.92 Å². The first kappa shape index (κ1) is 10.8. The van der Waals surface area contributed by atoms with Crippen LogP contribution in [0, 0.1) is 0 Å². The fourth-order valence-electron chi connectivity index (χ4n) is 0.691. The molecule has 1 atom stereocenters. The highest BCUT2D eigenvalue weighted by molar-refractivity contribution is 7.85. The van der Waals surface area contributed by atoms with Gasteiger partial charge in [0, 0.05) is 6.61 Å². The summed E-state index contributed by atoms with van der Waals surface area (Å²) in [7, 11) is -4.18. The van der Waals surface area contributed by atoms with Gasteiger partial charge in [-0.2, -0.15) is 8.42 Å². The zero-order valence-electron chi connectivity index (χ0n) is 6.44. The summed E-state index contributed by atoms with van der Waals surface area (Å²) >= 11 is 0. The molecule has 0 radical (unpaired) electrons. The molecule has 0 saturated heterocycles. The lowest BCUT2D eigenvalue weighted by Crippen LogP contribution is -2.36. The second kappa shape index (κ2) is 3.48. The molecule has 0 aliphatic heterocycles. The van der Waals surface area contributed by atoms with E-state index in [2.05, 4.69) is 4.74 Å². The molecule has 0 aromatic carbocycles. The minimum atomic E-state index is -4.18. The third-order valence-electron chi connectivity index (χ3n) is 0.906. The Balaban J connectivity index is 4.13. The Labute approximate surface area is 65.7 Å². The van der Waals surface area contributed by atoms with E-state index in [1.165, 1.54) is 6.92 Å². The normalized spacial score (nSPS) is 17.8. The molecule has 0 aromatic heterocycles. The monoisotopic (exact) mass is 184 g/mol. The minimum absolute atomic E-state index is 0.183. The smallest absolute Gasteiger partial charge is 0.270 e. The van der Waals surface area contributed by atoms with Crippen LogP contribution in [0.4, 0.5) is 0 Å². The third kappa shape index (κ3) is 6.24. The van der Waals surface area contributed by atoms with Crippen LogP contribution in [0.5, 0.6) is 0 Å². The van der Waals surface area contributed by atoms with E-state index in [0.29, 0.717) is 0 Å². The first-order valence-electron chi connectivity index (χ1n) is 3.08. The van der Waals surface area contributed by atoms with Gasteiger partial charge in [-0.15, -0.1) is 0 Å². The van der Waals surface area contributed by atoms with Crippen LogP contribution in [0.2, 0.25) is 0 Å². The van der Waals surface area contributed by atoms with Crippen LogP contribution in [-0.2, 0) is 14.9 Å². The van der Waals surface area contributed by atoms with Crippen molar-refractivity contribution in [1.82, 2.24) is 0 Å². The van der Waals surface area contributed by atoms with Crippen molar-refractivity contribution in [1.29, 1.82) is 0 Å². The van der Waals surface area contributed by atoms with Crippen molar-refractivity contribution >= 4 is 10.1 Å². The zero-order chi connectivity index (χ0) is 9.12. The number of hydrogen-bond acceptors (Lipinski definition) is 4. The summed E-state index contributed by atoms with van der Waals surface area (Å²) in [6.45, 7) is 2.96. The molecule has 0 heterocycles. The summed E-state index contributed by atoms with van der Waals surface area (Å²) in [6, 6.07) is 0. The summed E-state index contributed by atoms with van der Waals surface area (Å²) < 4.78 is 33.4. The zero-order valence-corrected chi connectivity index (χ0v) is 7.26. The van der Waals surface area contributed by atoms with Crippen LogP contribution >= 0.6 is 0 Å². The molecule has 0 aromatic rings. The molecular formula is C5H12O5S. The summed E-state index contributed by atoms with van der Waals surface area (Å²) in [5.41, 5.74) is 0. The van der Waals surface area contributed by atoms with Gasteiger partial charge in [-0.1, -0.05) is 0 Å². The van der Waals surface area contributed by atoms with Gasteiger partial charge >= 0.3 is 0 Å². The molecule has 0 amide bonds. The Kier molecular flexibility index (Phi) is 3.43. The topological polar surface area (TPSA) is 83.8 Å². The first-order chi connectivity index (χ1) is 4.77. The fraction of sp³-hybridized carbons (Fsp3) is 1.00. The third-order valence-corrected chi connectivity index (χ3v) is 1.81. The predicted molar refractivity (Wildman–Crippen MR) is 38.7 cm³/mol. The van der Waals surface area contributed by atoms with Crippen LogP contribution in [0.1, 0.15) is 13.8 Å². The molecule has 2 N–H and O–H groups in total. The van der Waals surface area contributed by atoms with Crippen molar-refractivity contribution in [2.75, 3.05) is 12.4 Å². The molecule has 11 heavy (non-hydrogen) atoms. The maximum atomic E-state index is 10.2. The maximum Gasteiger partial charge on any atom is 0.270 e. The van der Waals surface area contributed by atoms with Gasteiger partial charge in [-0.3, -0.25) is 4.55 Å². The number of ether oxygens (including phenoxy) is 1. The van der Waals surface area contributed by atoms with Gasteiger partial charge in [0.25, 0.3) is 10.1 Å². The van der Waals surface area contributed by atoms with E-state index in [9.17, 15) is 8.42 Å². The molecule has 0 fully saturated rings. The van der Waals surface area contributed by atoms with E-state index < -0.39 is 21.7 Å². The molecule has 0 spiro atoms. The number of aliphatic hydroxyl groups is 1. The van der Waals surface area contributed by atoms with Crippen molar-refractivity contribution in [2.45, 2.75) is 19.6 Å². The highest BCUT2D eigenvalue weighted by Crippen LogP contribution is 2.07. The molecule has 5 nitrogen and oxygen atoms in total. The average molecular weight is 184 g/mol. The predicted octanol–water partition coefficient (Wildman–Crippen LogP) is -0.381. The molecule has 0 bridgehead atoms. The van der Waals surface area contributed by atoms with Gasteiger partial charge in [0.1, 0.15) is 5.75 Å². The molecular weight excluding hydrogens is 172 g/mol. The van der Waals surface area contributed by atoms with E-state index in [4.69, 9.17) is 9.66 Å². The van der Waals surface area contributed by atoms with Crippen LogP contribution in [-0.4, -0.2) is 36.2 Å². The molecule has 0 aliphatic rings. The van der Waals surface area contributed by atoms with E-state index >= 15 is 0 Å². The van der Waals surface area contributed by atoms with Crippen LogP contribution in [0.3, 0.4) is 0 Å². The number of hydrogen-bond donors (Lipinski definition) is 2. The average Bonchev–Trinajstić information content (AvgIpc) is 1.55. The highest BCUT2D eigenvalue weighted by atomic mass is 32.2. The lowest BCUT2D eigenvalue weighted by atomic mass is 10.4. The Morgan fingerprint density at radius 3 is 2.27 bits per heavy atom. The van der Waals surface area contributed by atoms with Crippen LogP contribution in [0.25, 0.3) is 0 Å². The van der Waals surface area contributed by atoms with Gasteiger partial charge in [-0.05, 0) is 13.8 Å². The quantitative estimate of drug-likeness (QED) is 0.459. The maximum absolute atomic E-state index is 10.2. The minimum Gasteiger partial charge on any atom is -0.365 e. The molecule has 0 saturated carbocycles. The fourth-order valence-corrected chi connectivity index (χ4v) is 1.45. The van der Waals surface area contributed by atoms with Gasteiger partial charge in [-0.25, -0.2) is 0 Å². The van der Waals surface area contributed by atoms with Crippen LogP contribution < -0.4 is 0 Å². The second-order valence-corrected chi connectivity index (χ2v) is 3.79. The highest BCUT2D eigenvalue weighted by Gasteiger charge is 2.27. The largest absolute Gasteiger partial charge is 0.365 e. The van der Waals surface area contributed by atoms with Crippen molar-refractivity contribution in [3.63, 3.8) is 0 Å². The SMILES string of the molecule is CCOC(C)(O)CS(=O)(=O)O. The van der Waals surface area contributed by atoms with Gasteiger partial charge < -0.3 is 9.84 Å². The van der Waals surface area contributed by atoms with Crippen LogP contribution in [0.15, 0.2) is 0 Å². The van der Waals surface area contributed by atoms with Crippen molar-refractivity contribution in [2.24, 2.45) is 0 Å². The van der Waals surface area contributed by atoms with Crippen molar-refractivity contribution in [3.05, 3.63) is 0 Å². The van der Waals surface area contributed by atoms with E-state index in [0.717, 1.165) is 0 Å². The van der Waals surface area contributed by atoms with Crippen molar-refractivity contribution < 1.29 is 22.8 Å². The first-order valence-corrected chi connectivity index (χ1v) is 4.69. The summed E-state index contributed by atoms with van der Waals surface area (Å²) in [5, 5.41) is 9.09. The van der Waals surface area contributed by atoms with Crippen molar-refractivity contribution in [3.8, 4) is 0 Å². The molecule has 0 aliphatic carbocycles. The van der Waals surface area contributed by atoms with Gasteiger partial charge in [0.05, 0.1) is 0 Å². The van der Waals surface area contributed by atoms with E-state index in [1.807, 2.05) is 0 Å². The summed E-state index contributed by atoms with van der Waals surface area (Å²) in [4.78, 5) is 0. The standard InChI is InChI=1S/C5H12O5S/c1-3-10-5(2,6)4-11(7,8)9/h6H,3-4H2,1-2H3,(H,7,8,9). The van der Waals surface area contributed by atoms with E-state index in [-0.39, 0.29) is 6.61 Å². The lowest BCUT2D eigenvalue weighted by molar-refractivity contribution is -0.169.